The van der Waals surface area contributed by atoms with Crippen molar-refractivity contribution in [2.24, 2.45) is 0 Å². The zero-order chi connectivity index (χ0) is 29.0. The van der Waals surface area contributed by atoms with Crippen LogP contribution in [0.5, 0.6) is 0 Å². The molecule has 8 bridgehead atoms. The fourth-order valence-electron chi connectivity index (χ4n) is 6.07. The third-order valence-corrected chi connectivity index (χ3v) is 7.97. The van der Waals surface area contributed by atoms with E-state index in [1.807, 2.05) is 48.5 Å². The van der Waals surface area contributed by atoms with E-state index in [0.717, 1.165) is 89.5 Å². The van der Waals surface area contributed by atoms with Crippen molar-refractivity contribution in [2.75, 3.05) is 0 Å². The summed E-state index contributed by atoms with van der Waals surface area (Å²) in [6, 6.07) is 31.9. The van der Waals surface area contributed by atoms with Gasteiger partial charge in [-0.25, -0.2) is 0 Å². The summed E-state index contributed by atoms with van der Waals surface area (Å²) in [5, 5.41) is 3.54. The van der Waals surface area contributed by atoms with Crippen LogP contribution in [0.1, 0.15) is 45.8 Å². The van der Waals surface area contributed by atoms with Crippen LogP contribution in [0, 0.1) is 0 Å². The number of rotatable bonds is 4. The smallest absolute Gasteiger partial charge is 0.138 e. The van der Waals surface area contributed by atoms with Gasteiger partial charge in [-0.05, 0) is 97.1 Å². The van der Waals surface area contributed by atoms with E-state index in [4.69, 9.17) is 17.7 Å². The SMILES string of the molecule is c1coc(/C2=c3\cc/c([nH]3)=C(\c3ccco3)c3ccc([nH]3)/C(c3ccco3)=c3/cc/c([nH]3)=C(\c3ccco3)c3ccc2[nH]3)c1. The summed E-state index contributed by atoms with van der Waals surface area (Å²) in [5.41, 5.74) is 7.11. The van der Waals surface area contributed by atoms with Crippen molar-refractivity contribution in [3.8, 4) is 0 Å². The molecule has 0 aliphatic carbocycles. The van der Waals surface area contributed by atoms with Crippen molar-refractivity contribution in [1.82, 2.24) is 19.9 Å². The van der Waals surface area contributed by atoms with Gasteiger partial charge in [0.2, 0.25) is 0 Å². The topological polar surface area (TPSA) is 116 Å². The van der Waals surface area contributed by atoms with Crippen molar-refractivity contribution in [1.29, 1.82) is 0 Å². The summed E-state index contributed by atoms with van der Waals surface area (Å²) < 4.78 is 23.8. The average Bonchev–Trinajstić information content (AvgIpc) is 3.90. The van der Waals surface area contributed by atoms with E-state index in [-0.39, 0.29) is 0 Å². The van der Waals surface area contributed by atoms with E-state index in [0.29, 0.717) is 0 Å². The van der Waals surface area contributed by atoms with Crippen LogP contribution in [0.4, 0.5) is 0 Å². The second-order valence-corrected chi connectivity index (χ2v) is 10.6. The van der Waals surface area contributed by atoms with E-state index >= 15 is 0 Å². The Morgan fingerprint density at radius 1 is 0.295 bits per heavy atom. The second kappa shape index (κ2) is 9.64. The number of aromatic amines is 4. The van der Waals surface area contributed by atoms with Gasteiger partial charge >= 0.3 is 0 Å². The molecule has 0 unspecified atom stereocenters. The summed E-state index contributed by atoms with van der Waals surface area (Å²) in [5.74, 6) is 2.92. The zero-order valence-electron chi connectivity index (χ0n) is 23.2. The van der Waals surface area contributed by atoms with Gasteiger partial charge < -0.3 is 37.6 Å². The summed E-state index contributed by atoms with van der Waals surface area (Å²) in [6.07, 6.45) is 6.74. The number of aromatic nitrogens is 4. The summed E-state index contributed by atoms with van der Waals surface area (Å²) in [4.78, 5) is 14.6. The Morgan fingerprint density at radius 2 is 0.568 bits per heavy atom. The van der Waals surface area contributed by atoms with Crippen LogP contribution < -0.4 is 21.4 Å². The summed E-state index contributed by atoms with van der Waals surface area (Å²) in [7, 11) is 0. The number of nitrogens with one attached hydrogen (secondary N) is 4. The van der Waals surface area contributed by atoms with Gasteiger partial charge in [0.05, 0.1) is 91.5 Å². The van der Waals surface area contributed by atoms with E-state index in [9.17, 15) is 0 Å². The Kier molecular flexibility index (Phi) is 5.33. The molecular formula is C36H24N4O4. The molecule has 8 heteroatoms. The lowest BCUT2D eigenvalue weighted by atomic mass is 10.1. The lowest BCUT2D eigenvalue weighted by Gasteiger charge is -2.06. The third-order valence-electron chi connectivity index (χ3n) is 7.97. The van der Waals surface area contributed by atoms with Crippen molar-refractivity contribution in [3.05, 3.63) is 189 Å². The predicted molar refractivity (Wildman–Crippen MR) is 163 cm³/mol. The number of fused-ring (bicyclic) bond motifs is 8. The molecule has 0 aromatic carbocycles. The van der Waals surface area contributed by atoms with Crippen LogP contribution in [-0.2, 0) is 0 Å². The molecule has 0 atom stereocenters. The molecule has 4 N–H and O–H groups in total. The van der Waals surface area contributed by atoms with E-state index < -0.39 is 0 Å². The highest BCUT2D eigenvalue weighted by molar-refractivity contribution is 5.82. The van der Waals surface area contributed by atoms with Crippen molar-refractivity contribution in [3.63, 3.8) is 0 Å². The van der Waals surface area contributed by atoms with Crippen LogP contribution in [-0.4, -0.2) is 19.9 Å². The number of hydrogen-bond acceptors (Lipinski definition) is 4. The molecular weight excluding hydrogens is 552 g/mol. The fourth-order valence-corrected chi connectivity index (χ4v) is 6.07. The highest BCUT2D eigenvalue weighted by Gasteiger charge is 2.20. The van der Waals surface area contributed by atoms with Gasteiger partial charge in [-0.3, -0.25) is 0 Å². The van der Waals surface area contributed by atoms with E-state index in [2.05, 4.69) is 68.5 Å². The first-order chi connectivity index (χ1) is 21.8. The molecule has 8 aromatic rings. The van der Waals surface area contributed by atoms with Crippen LogP contribution >= 0.6 is 0 Å². The lowest BCUT2D eigenvalue weighted by Crippen LogP contribution is -2.18. The largest absolute Gasteiger partial charge is 0.464 e. The minimum Gasteiger partial charge on any atom is -0.464 e. The first-order valence-electron chi connectivity index (χ1n) is 14.2. The molecule has 8 aromatic heterocycles. The number of furan rings is 4. The standard InChI is InChI=1S/C36H24N4O4/c1-5-29(41-17-1)33-21-9-11-23(37-21)34(30-6-2-18-42-30)25-13-15-27(39-25)36(32-8-4-20-44-32)28-16-14-26(40-28)35(31-7-3-19-43-31)24-12-10-22(33)38-24/h1-20,37-40H/b33-21+,33-22?,34-23+,34-25?,35-24?,35-26+,36-27?,36-28+. The lowest BCUT2D eigenvalue weighted by molar-refractivity contribution is 0.552. The van der Waals surface area contributed by atoms with Crippen molar-refractivity contribution in [2.45, 2.75) is 0 Å². The van der Waals surface area contributed by atoms with E-state index in [1.54, 1.807) is 25.1 Å². The molecule has 0 saturated carbocycles. The Morgan fingerprint density at radius 3 is 0.795 bits per heavy atom. The monoisotopic (exact) mass is 576 g/mol. The molecule has 1 aliphatic rings. The maximum Gasteiger partial charge on any atom is 0.138 e. The van der Waals surface area contributed by atoms with Gasteiger partial charge in [0.15, 0.2) is 0 Å². The molecule has 212 valence electrons. The fraction of sp³-hybridized carbons (Fsp3) is 0. The Labute approximate surface area is 249 Å². The molecule has 0 spiro atoms. The maximum atomic E-state index is 5.95. The first kappa shape index (κ1) is 24.3. The minimum atomic E-state index is 0.731. The van der Waals surface area contributed by atoms with Crippen molar-refractivity contribution >= 4 is 22.3 Å². The minimum absolute atomic E-state index is 0.731. The van der Waals surface area contributed by atoms with Crippen LogP contribution in [0.3, 0.4) is 0 Å². The highest BCUT2D eigenvalue weighted by atomic mass is 16.3. The molecule has 0 fully saturated rings. The van der Waals surface area contributed by atoms with Gasteiger partial charge in [-0.15, -0.1) is 0 Å². The zero-order valence-corrected chi connectivity index (χ0v) is 23.2. The third kappa shape index (κ3) is 3.85. The van der Waals surface area contributed by atoms with Crippen molar-refractivity contribution < 1.29 is 17.7 Å². The van der Waals surface area contributed by atoms with Gasteiger partial charge in [-0.1, -0.05) is 0 Å². The van der Waals surface area contributed by atoms with Gasteiger partial charge in [0.25, 0.3) is 0 Å². The first-order valence-corrected chi connectivity index (χ1v) is 14.2. The molecule has 44 heavy (non-hydrogen) atoms. The van der Waals surface area contributed by atoms with Gasteiger partial charge in [0, 0.05) is 0 Å². The Hall–Kier alpha value is -6.28. The Bertz CT molecular complexity index is 2130. The highest BCUT2D eigenvalue weighted by Crippen LogP contribution is 2.28. The molecule has 0 saturated heterocycles. The van der Waals surface area contributed by atoms with Gasteiger partial charge in [0.1, 0.15) is 23.0 Å². The maximum absolute atomic E-state index is 5.95. The average molecular weight is 577 g/mol. The predicted octanol–water partition coefficient (Wildman–Crippen LogP) is 4.67. The quantitative estimate of drug-likeness (QED) is 0.244. The van der Waals surface area contributed by atoms with Crippen LogP contribution in [0.2, 0.25) is 0 Å². The van der Waals surface area contributed by atoms with Crippen LogP contribution in [0.25, 0.3) is 22.3 Å². The second-order valence-electron chi connectivity index (χ2n) is 10.6. The van der Waals surface area contributed by atoms with Gasteiger partial charge in [-0.2, -0.15) is 0 Å². The number of hydrogen-bond donors (Lipinski definition) is 4. The van der Waals surface area contributed by atoms with Crippen LogP contribution in [0.15, 0.2) is 140 Å². The molecule has 9 heterocycles. The molecule has 8 nitrogen and oxygen atoms in total. The summed E-state index contributed by atoms with van der Waals surface area (Å²) >= 11 is 0. The molecule has 1 aliphatic heterocycles. The van der Waals surface area contributed by atoms with E-state index in [1.165, 1.54) is 0 Å². The summed E-state index contributed by atoms with van der Waals surface area (Å²) in [6.45, 7) is 0. The molecule has 0 radical (unpaired) electrons. The number of H-pyrrole nitrogens is 4. The Balaban J connectivity index is 1.44. The molecule has 0 amide bonds. The molecule has 9 rings (SSSR count). The normalized spacial score (nSPS) is 18.2.